The predicted molar refractivity (Wildman–Crippen MR) is 80.5 cm³/mol. The summed E-state index contributed by atoms with van der Waals surface area (Å²) < 4.78 is 6.16. The number of ether oxygens (including phenoxy) is 1. The van der Waals surface area contributed by atoms with Gasteiger partial charge in [-0.05, 0) is 52.0 Å². The van der Waals surface area contributed by atoms with E-state index in [1.54, 1.807) is 0 Å². The lowest BCUT2D eigenvalue weighted by Crippen LogP contribution is -2.43. The molecule has 2 aliphatic heterocycles. The van der Waals surface area contributed by atoms with Crippen LogP contribution in [0.25, 0.3) is 0 Å². The van der Waals surface area contributed by atoms with Crippen molar-refractivity contribution in [1.29, 1.82) is 0 Å². The van der Waals surface area contributed by atoms with E-state index in [1.165, 1.54) is 45.3 Å². The van der Waals surface area contributed by atoms with E-state index in [1.807, 2.05) is 0 Å². The van der Waals surface area contributed by atoms with Crippen LogP contribution in [0.5, 0.6) is 0 Å². The Labute approximate surface area is 119 Å². The van der Waals surface area contributed by atoms with Crippen LogP contribution in [0.1, 0.15) is 53.4 Å². The summed E-state index contributed by atoms with van der Waals surface area (Å²) in [7, 11) is 0. The maximum atomic E-state index is 6.16. The summed E-state index contributed by atoms with van der Waals surface area (Å²) in [6.07, 6.45) is 5.54. The van der Waals surface area contributed by atoms with Crippen LogP contribution in [-0.2, 0) is 4.74 Å². The van der Waals surface area contributed by atoms with E-state index in [-0.39, 0.29) is 5.60 Å². The summed E-state index contributed by atoms with van der Waals surface area (Å²) in [5, 5.41) is 3.62. The minimum Gasteiger partial charge on any atom is -0.371 e. The summed E-state index contributed by atoms with van der Waals surface area (Å²) in [4.78, 5) is 2.62. The van der Waals surface area contributed by atoms with Crippen molar-refractivity contribution < 1.29 is 4.74 Å². The lowest BCUT2D eigenvalue weighted by molar-refractivity contribution is -0.0304. The highest BCUT2D eigenvalue weighted by Crippen LogP contribution is 2.29. The van der Waals surface area contributed by atoms with Gasteiger partial charge in [0.1, 0.15) is 0 Å². The summed E-state index contributed by atoms with van der Waals surface area (Å²) in [5.74, 6) is 0.732. The number of rotatable bonds is 6. The van der Waals surface area contributed by atoms with E-state index in [0.717, 1.165) is 12.5 Å². The van der Waals surface area contributed by atoms with Crippen LogP contribution in [0.15, 0.2) is 0 Å². The van der Waals surface area contributed by atoms with Crippen LogP contribution >= 0.6 is 0 Å². The van der Waals surface area contributed by atoms with Crippen LogP contribution in [0, 0.1) is 5.92 Å². The van der Waals surface area contributed by atoms with Gasteiger partial charge in [0.2, 0.25) is 0 Å². The molecule has 2 heterocycles. The fraction of sp³-hybridized carbons (Fsp3) is 1.00. The molecule has 112 valence electrons. The number of hydrogen-bond donors (Lipinski definition) is 1. The van der Waals surface area contributed by atoms with E-state index >= 15 is 0 Å². The van der Waals surface area contributed by atoms with E-state index in [4.69, 9.17) is 4.74 Å². The van der Waals surface area contributed by atoms with Crippen LogP contribution in [-0.4, -0.2) is 48.8 Å². The average molecular weight is 268 g/mol. The van der Waals surface area contributed by atoms with Crippen molar-refractivity contribution in [2.45, 2.75) is 71.1 Å². The zero-order valence-electron chi connectivity index (χ0n) is 13.2. The van der Waals surface area contributed by atoms with Crippen molar-refractivity contribution in [2.24, 2.45) is 5.92 Å². The third-order valence-electron chi connectivity index (χ3n) is 4.28. The lowest BCUT2D eigenvalue weighted by Gasteiger charge is -2.30. The normalized spacial score (nSPS) is 30.6. The molecule has 2 fully saturated rings. The number of nitrogens with one attached hydrogen (secondary N) is 1. The highest BCUT2D eigenvalue weighted by Gasteiger charge is 2.33. The van der Waals surface area contributed by atoms with Gasteiger partial charge in [0.05, 0.1) is 11.7 Å². The zero-order chi connectivity index (χ0) is 13.9. The molecule has 0 radical (unpaired) electrons. The predicted octanol–water partition coefficient (Wildman–Crippen LogP) is 2.65. The number of hydrogen-bond acceptors (Lipinski definition) is 3. The first kappa shape index (κ1) is 15.3. The molecule has 2 aliphatic rings. The molecular weight excluding hydrogens is 236 g/mol. The Morgan fingerprint density at radius 3 is 2.58 bits per heavy atom. The molecule has 3 nitrogen and oxygen atoms in total. The van der Waals surface area contributed by atoms with Crippen LogP contribution in [0.2, 0.25) is 0 Å². The molecule has 1 N–H and O–H groups in total. The molecule has 19 heavy (non-hydrogen) atoms. The summed E-state index contributed by atoms with van der Waals surface area (Å²) >= 11 is 0. The van der Waals surface area contributed by atoms with Crippen LogP contribution in [0.4, 0.5) is 0 Å². The first-order valence-electron chi connectivity index (χ1n) is 8.08. The monoisotopic (exact) mass is 268 g/mol. The molecule has 0 aromatic rings. The first-order chi connectivity index (χ1) is 8.94. The maximum absolute atomic E-state index is 6.16. The largest absolute Gasteiger partial charge is 0.371 e. The van der Waals surface area contributed by atoms with Crippen molar-refractivity contribution in [3.05, 3.63) is 0 Å². The molecule has 0 amide bonds. The quantitative estimate of drug-likeness (QED) is 0.801. The minimum atomic E-state index is 0.0970. The molecular formula is C16H32N2O. The third-order valence-corrected chi connectivity index (χ3v) is 4.28. The third kappa shape index (κ3) is 5.05. The van der Waals surface area contributed by atoms with Gasteiger partial charge in [-0.25, -0.2) is 0 Å². The van der Waals surface area contributed by atoms with Gasteiger partial charge in [0, 0.05) is 25.7 Å². The molecule has 2 saturated heterocycles. The zero-order valence-corrected chi connectivity index (χ0v) is 13.2. The summed E-state index contributed by atoms with van der Waals surface area (Å²) in [5.41, 5.74) is 0.0970. The Morgan fingerprint density at radius 2 is 2.05 bits per heavy atom. The van der Waals surface area contributed by atoms with Crippen molar-refractivity contribution >= 4 is 0 Å². The molecule has 0 spiro atoms. The maximum Gasteiger partial charge on any atom is 0.0710 e. The Balaban J connectivity index is 1.82. The average Bonchev–Trinajstić information content (AvgIpc) is 2.87. The van der Waals surface area contributed by atoms with Crippen LogP contribution < -0.4 is 5.32 Å². The molecule has 2 rings (SSSR count). The van der Waals surface area contributed by atoms with Gasteiger partial charge in [-0.2, -0.15) is 0 Å². The molecule has 3 heteroatoms. The first-order valence-corrected chi connectivity index (χ1v) is 8.08. The smallest absolute Gasteiger partial charge is 0.0710 e. The van der Waals surface area contributed by atoms with Gasteiger partial charge in [0.25, 0.3) is 0 Å². The molecule has 0 saturated carbocycles. The number of nitrogens with zero attached hydrogens (tertiary/aromatic N) is 1. The Bertz CT molecular complexity index is 272. The molecule has 0 bridgehead atoms. The van der Waals surface area contributed by atoms with Gasteiger partial charge in [0.15, 0.2) is 0 Å². The van der Waals surface area contributed by atoms with E-state index in [0.29, 0.717) is 12.1 Å². The summed E-state index contributed by atoms with van der Waals surface area (Å²) in [6.45, 7) is 13.8. The van der Waals surface area contributed by atoms with E-state index < -0.39 is 0 Å². The Morgan fingerprint density at radius 1 is 1.26 bits per heavy atom. The second-order valence-electron chi connectivity index (χ2n) is 7.44. The van der Waals surface area contributed by atoms with Gasteiger partial charge in [-0.3, -0.25) is 4.90 Å². The fourth-order valence-corrected chi connectivity index (χ4v) is 3.46. The molecule has 2 atom stereocenters. The molecule has 0 aromatic carbocycles. The van der Waals surface area contributed by atoms with Gasteiger partial charge < -0.3 is 10.1 Å². The van der Waals surface area contributed by atoms with Crippen molar-refractivity contribution in [3.8, 4) is 0 Å². The SMILES string of the molecule is CC(C)CN(CC1CCCN1)CC1CCC(C)(C)O1. The fourth-order valence-electron chi connectivity index (χ4n) is 3.46. The second kappa shape index (κ2) is 6.55. The van der Waals surface area contributed by atoms with Gasteiger partial charge >= 0.3 is 0 Å². The Kier molecular flexibility index (Phi) is 5.27. The molecule has 0 aromatic heterocycles. The van der Waals surface area contributed by atoms with Crippen molar-refractivity contribution in [3.63, 3.8) is 0 Å². The van der Waals surface area contributed by atoms with Crippen molar-refractivity contribution in [2.75, 3.05) is 26.2 Å². The standard InChI is InChI=1S/C16H32N2O/c1-13(2)10-18(11-14-6-5-9-17-14)12-15-7-8-16(3,4)19-15/h13-15,17H,5-12H2,1-4H3. The van der Waals surface area contributed by atoms with Crippen LogP contribution in [0.3, 0.4) is 0 Å². The van der Waals surface area contributed by atoms with E-state index in [2.05, 4.69) is 37.9 Å². The van der Waals surface area contributed by atoms with E-state index in [9.17, 15) is 0 Å². The minimum absolute atomic E-state index is 0.0970. The highest BCUT2D eigenvalue weighted by molar-refractivity contribution is 4.85. The molecule has 2 unspecified atom stereocenters. The lowest BCUT2D eigenvalue weighted by atomic mass is 10.1. The van der Waals surface area contributed by atoms with Gasteiger partial charge in [-0.15, -0.1) is 0 Å². The molecule has 0 aliphatic carbocycles. The highest BCUT2D eigenvalue weighted by atomic mass is 16.5. The van der Waals surface area contributed by atoms with Gasteiger partial charge in [-0.1, -0.05) is 13.8 Å². The second-order valence-corrected chi connectivity index (χ2v) is 7.44. The van der Waals surface area contributed by atoms with Crippen molar-refractivity contribution in [1.82, 2.24) is 10.2 Å². The topological polar surface area (TPSA) is 24.5 Å². The Hall–Kier alpha value is -0.120. The summed E-state index contributed by atoms with van der Waals surface area (Å²) in [6, 6.07) is 0.702.